The maximum Gasteiger partial charge on any atom is 0.229 e. The van der Waals surface area contributed by atoms with Crippen LogP contribution < -0.4 is 15.4 Å². The van der Waals surface area contributed by atoms with Gasteiger partial charge in [-0.3, -0.25) is 4.72 Å². The first-order valence-electron chi connectivity index (χ1n) is 8.31. The number of anilines is 5. The number of benzene rings is 2. The molecule has 0 unspecified atom stereocenters. The van der Waals surface area contributed by atoms with Crippen molar-refractivity contribution in [3.63, 3.8) is 0 Å². The third-order valence-corrected chi connectivity index (χ3v) is 4.21. The van der Waals surface area contributed by atoms with Crippen LogP contribution in [0.5, 0.6) is 0 Å². The first kappa shape index (κ1) is 18.7. The van der Waals surface area contributed by atoms with Gasteiger partial charge in [-0.05, 0) is 44.2 Å². The number of aromatic nitrogens is 2. The molecule has 27 heavy (non-hydrogen) atoms. The van der Waals surface area contributed by atoms with E-state index in [1.165, 1.54) is 5.56 Å². The van der Waals surface area contributed by atoms with Crippen LogP contribution in [0.2, 0.25) is 0 Å². The molecule has 7 nitrogen and oxygen atoms in total. The fourth-order valence-corrected chi connectivity index (χ4v) is 3.03. The number of hydrogen-bond donors (Lipinski definition) is 3. The molecule has 0 amide bonds. The molecule has 0 saturated heterocycles. The van der Waals surface area contributed by atoms with Crippen LogP contribution in [0.1, 0.15) is 11.3 Å². The van der Waals surface area contributed by atoms with E-state index < -0.39 is 10.0 Å². The monoisotopic (exact) mass is 383 g/mol. The minimum absolute atomic E-state index is 0.478. The van der Waals surface area contributed by atoms with E-state index in [1.54, 1.807) is 18.2 Å². The molecule has 3 aromatic rings. The van der Waals surface area contributed by atoms with Gasteiger partial charge >= 0.3 is 0 Å². The van der Waals surface area contributed by atoms with Crippen LogP contribution in [0.4, 0.5) is 28.8 Å². The second kappa shape index (κ2) is 7.63. The molecule has 3 rings (SSSR count). The standard InChI is InChI=1S/C19H21N5O2S/c1-13-7-9-15(10-8-13)22-19-20-14(2)11-18(23-19)21-16-5-4-6-17(12-16)24-27(3,25)26/h4-12,24H,1-3H3,(H2,20,21,22,23). The van der Waals surface area contributed by atoms with Gasteiger partial charge in [-0.2, -0.15) is 4.98 Å². The van der Waals surface area contributed by atoms with Gasteiger partial charge < -0.3 is 10.6 Å². The minimum Gasteiger partial charge on any atom is -0.340 e. The van der Waals surface area contributed by atoms with E-state index in [1.807, 2.05) is 50.2 Å². The van der Waals surface area contributed by atoms with Crippen molar-refractivity contribution in [1.29, 1.82) is 0 Å². The summed E-state index contributed by atoms with van der Waals surface area (Å²) in [4.78, 5) is 8.88. The van der Waals surface area contributed by atoms with Crippen molar-refractivity contribution in [3.05, 3.63) is 65.9 Å². The molecule has 0 atom stereocenters. The number of aryl methyl sites for hydroxylation is 2. The Morgan fingerprint density at radius 1 is 0.815 bits per heavy atom. The maximum atomic E-state index is 11.4. The molecular formula is C19H21N5O2S. The summed E-state index contributed by atoms with van der Waals surface area (Å²) in [6.07, 6.45) is 1.11. The lowest BCUT2D eigenvalue weighted by molar-refractivity contribution is 0.607. The van der Waals surface area contributed by atoms with Crippen LogP contribution in [0, 0.1) is 13.8 Å². The molecule has 0 bridgehead atoms. The van der Waals surface area contributed by atoms with E-state index in [9.17, 15) is 8.42 Å². The summed E-state index contributed by atoms with van der Waals surface area (Å²) in [7, 11) is -3.33. The highest BCUT2D eigenvalue weighted by Crippen LogP contribution is 2.22. The molecule has 0 aliphatic carbocycles. The van der Waals surface area contributed by atoms with Crippen molar-refractivity contribution < 1.29 is 8.42 Å². The quantitative estimate of drug-likeness (QED) is 0.596. The molecule has 0 saturated carbocycles. The van der Waals surface area contributed by atoms with Gasteiger partial charge in [-0.25, -0.2) is 13.4 Å². The minimum atomic E-state index is -3.33. The molecule has 0 aliphatic rings. The van der Waals surface area contributed by atoms with Crippen molar-refractivity contribution in [1.82, 2.24) is 9.97 Å². The highest BCUT2D eigenvalue weighted by molar-refractivity contribution is 7.92. The second-order valence-electron chi connectivity index (χ2n) is 6.29. The Hall–Kier alpha value is -3.13. The highest BCUT2D eigenvalue weighted by Gasteiger charge is 2.06. The SMILES string of the molecule is Cc1ccc(Nc2nc(C)cc(Nc3cccc(NS(C)(=O)=O)c3)n2)cc1. The van der Waals surface area contributed by atoms with Gasteiger partial charge in [0.25, 0.3) is 0 Å². The number of hydrogen-bond acceptors (Lipinski definition) is 6. The normalized spacial score (nSPS) is 11.1. The Labute approximate surface area is 158 Å². The van der Waals surface area contributed by atoms with Crippen molar-refractivity contribution in [2.45, 2.75) is 13.8 Å². The van der Waals surface area contributed by atoms with Gasteiger partial charge in [-0.1, -0.05) is 23.8 Å². The zero-order valence-electron chi connectivity index (χ0n) is 15.3. The molecule has 0 radical (unpaired) electrons. The Morgan fingerprint density at radius 3 is 2.22 bits per heavy atom. The van der Waals surface area contributed by atoms with Gasteiger partial charge in [0.1, 0.15) is 5.82 Å². The van der Waals surface area contributed by atoms with Crippen LogP contribution in [0.15, 0.2) is 54.6 Å². The van der Waals surface area contributed by atoms with Crippen LogP contribution in [-0.4, -0.2) is 24.6 Å². The van der Waals surface area contributed by atoms with Crippen LogP contribution in [-0.2, 0) is 10.0 Å². The second-order valence-corrected chi connectivity index (χ2v) is 8.04. The highest BCUT2D eigenvalue weighted by atomic mass is 32.2. The molecule has 140 valence electrons. The van der Waals surface area contributed by atoms with E-state index in [-0.39, 0.29) is 0 Å². The fourth-order valence-electron chi connectivity index (χ4n) is 2.48. The van der Waals surface area contributed by atoms with Crippen molar-refractivity contribution in [3.8, 4) is 0 Å². The fraction of sp³-hybridized carbons (Fsp3) is 0.158. The predicted molar refractivity (Wildman–Crippen MR) is 109 cm³/mol. The third-order valence-electron chi connectivity index (χ3n) is 3.60. The zero-order chi connectivity index (χ0) is 19.4. The molecule has 1 heterocycles. The number of rotatable bonds is 6. The predicted octanol–water partition coefficient (Wildman–Crippen LogP) is 3.95. The topological polar surface area (TPSA) is 96.0 Å². The van der Waals surface area contributed by atoms with Gasteiger partial charge in [0.2, 0.25) is 16.0 Å². The summed E-state index contributed by atoms with van der Waals surface area (Å²) < 4.78 is 25.2. The number of sulfonamides is 1. The largest absolute Gasteiger partial charge is 0.340 e. The van der Waals surface area contributed by atoms with Crippen molar-refractivity contribution in [2.24, 2.45) is 0 Å². The first-order chi connectivity index (χ1) is 12.8. The Balaban J connectivity index is 1.80. The molecule has 8 heteroatoms. The summed E-state index contributed by atoms with van der Waals surface area (Å²) in [5, 5.41) is 6.37. The summed E-state index contributed by atoms with van der Waals surface area (Å²) in [6.45, 7) is 3.91. The lowest BCUT2D eigenvalue weighted by Gasteiger charge is -2.11. The van der Waals surface area contributed by atoms with E-state index in [4.69, 9.17) is 0 Å². The number of nitrogens with zero attached hydrogens (tertiary/aromatic N) is 2. The van der Waals surface area contributed by atoms with Gasteiger partial charge in [0.15, 0.2) is 0 Å². The average molecular weight is 383 g/mol. The van der Waals surface area contributed by atoms with E-state index in [0.717, 1.165) is 17.6 Å². The van der Waals surface area contributed by atoms with Crippen LogP contribution in [0.25, 0.3) is 0 Å². The maximum absolute atomic E-state index is 11.4. The van der Waals surface area contributed by atoms with Gasteiger partial charge in [0.05, 0.1) is 11.9 Å². The molecule has 3 N–H and O–H groups in total. The van der Waals surface area contributed by atoms with E-state index in [2.05, 4.69) is 25.3 Å². The molecule has 0 fully saturated rings. The Bertz CT molecular complexity index is 1050. The lowest BCUT2D eigenvalue weighted by Crippen LogP contribution is -2.09. The summed E-state index contributed by atoms with van der Waals surface area (Å²) in [5.74, 6) is 1.08. The average Bonchev–Trinajstić information content (AvgIpc) is 2.55. The van der Waals surface area contributed by atoms with Crippen molar-refractivity contribution >= 4 is 38.9 Å². The van der Waals surface area contributed by atoms with Gasteiger partial charge in [-0.15, -0.1) is 0 Å². The first-order valence-corrected chi connectivity index (χ1v) is 10.2. The molecule has 0 spiro atoms. The molecule has 2 aromatic carbocycles. The van der Waals surface area contributed by atoms with Crippen LogP contribution >= 0.6 is 0 Å². The summed E-state index contributed by atoms with van der Waals surface area (Å²) in [5.41, 5.74) is 4.06. The Morgan fingerprint density at radius 2 is 1.52 bits per heavy atom. The Kier molecular flexibility index (Phi) is 5.27. The summed E-state index contributed by atoms with van der Waals surface area (Å²) >= 11 is 0. The van der Waals surface area contributed by atoms with Crippen LogP contribution in [0.3, 0.4) is 0 Å². The van der Waals surface area contributed by atoms with E-state index in [0.29, 0.717) is 23.1 Å². The zero-order valence-corrected chi connectivity index (χ0v) is 16.1. The lowest BCUT2D eigenvalue weighted by atomic mass is 10.2. The van der Waals surface area contributed by atoms with Gasteiger partial charge in [0, 0.05) is 23.1 Å². The van der Waals surface area contributed by atoms with Crippen molar-refractivity contribution in [2.75, 3.05) is 21.6 Å². The van der Waals surface area contributed by atoms with E-state index >= 15 is 0 Å². The third kappa shape index (κ3) is 5.68. The summed E-state index contributed by atoms with van der Waals surface area (Å²) in [6, 6.07) is 16.7. The smallest absolute Gasteiger partial charge is 0.229 e. The molecular weight excluding hydrogens is 362 g/mol. The number of nitrogens with one attached hydrogen (secondary N) is 3. The molecule has 1 aromatic heterocycles. The molecule has 0 aliphatic heterocycles.